The van der Waals surface area contributed by atoms with Gasteiger partial charge in [-0.05, 0) is 43.3 Å². The quantitative estimate of drug-likeness (QED) is 0.576. The molecular formula is C20H15F2N5O2. The molecule has 7 nitrogen and oxygen atoms in total. The van der Waals surface area contributed by atoms with Crippen molar-refractivity contribution < 1.29 is 13.6 Å². The van der Waals surface area contributed by atoms with Gasteiger partial charge in [-0.25, -0.2) is 18.1 Å². The third-order valence-electron chi connectivity index (χ3n) is 4.38. The minimum Gasteiger partial charge on any atom is -0.322 e. The van der Waals surface area contributed by atoms with Crippen molar-refractivity contribution >= 4 is 22.5 Å². The normalized spacial score (nSPS) is 11.0. The number of hydrogen-bond donors (Lipinski definition) is 1. The largest absolute Gasteiger partial charge is 0.322 e. The van der Waals surface area contributed by atoms with E-state index in [1.165, 1.54) is 53.3 Å². The molecule has 0 fully saturated rings. The zero-order valence-corrected chi connectivity index (χ0v) is 15.3. The first kappa shape index (κ1) is 18.5. The van der Waals surface area contributed by atoms with Crippen molar-refractivity contribution in [2.75, 3.05) is 5.32 Å². The van der Waals surface area contributed by atoms with Crippen LogP contribution in [0.15, 0.2) is 59.5 Å². The lowest BCUT2D eigenvalue weighted by molar-refractivity contribution is -0.117. The van der Waals surface area contributed by atoms with Crippen LogP contribution in [0.3, 0.4) is 0 Å². The fourth-order valence-corrected chi connectivity index (χ4v) is 3.00. The number of amides is 1. The van der Waals surface area contributed by atoms with Crippen LogP contribution in [0.4, 0.5) is 14.5 Å². The average Bonchev–Trinajstić information content (AvgIpc) is 3.14. The predicted octanol–water partition coefficient (Wildman–Crippen LogP) is 2.81. The van der Waals surface area contributed by atoms with Gasteiger partial charge in [0.05, 0.1) is 23.3 Å². The number of rotatable bonds is 4. The van der Waals surface area contributed by atoms with Gasteiger partial charge in [0.1, 0.15) is 23.7 Å². The van der Waals surface area contributed by atoms with Gasteiger partial charge in [0, 0.05) is 5.39 Å². The predicted molar refractivity (Wildman–Crippen MR) is 103 cm³/mol. The lowest BCUT2D eigenvalue weighted by atomic mass is 10.2. The summed E-state index contributed by atoms with van der Waals surface area (Å²) >= 11 is 0. The summed E-state index contributed by atoms with van der Waals surface area (Å²) in [6, 6.07) is 11.2. The van der Waals surface area contributed by atoms with Crippen molar-refractivity contribution in [2.24, 2.45) is 0 Å². The van der Waals surface area contributed by atoms with Gasteiger partial charge >= 0.3 is 0 Å². The highest BCUT2D eigenvalue weighted by Crippen LogP contribution is 2.18. The van der Waals surface area contributed by atoms with E-state index in [9.17, 15) is 18.4 Å². The van der Waals surface area contributed by atoms with Gasteiger partial charge in [0.15, 0.2) is 0 Å². The van der Waals surface area contributed by atoms with Gasteiger partial charge in [0.25, 0.3) is 5.56 Å². The standard InChI is InChI=1S/C20H15F2N5O2/c1-12-15-10-23-27(14-8-6-13(21)7-9-14)19(15)20(29)26(25-12)11-18(28)24-17-5-3-2-4-16(17)22/h2-10H,11H2,1H3,(H,24,28). The second-order valence-corrected chi connectivity index (χ2v) is 6.37. The molecule has 0 saturated carbocycles. The van der Waals surface area contributed by atoms with Crippen LogP contribution in [0.1, 0.15) is 5.69 Å². The number of benzene rings is 2. The second kappa shape index (κ2) is 7.27. The highest BCUT2D eigenvalue weighted by atomic mass is 19.1. The number of para-hydroxylation sites is 1. The molecule has 0 spiro atoms. The van der Waals surface area contributed by atoms with Crippen LogP contribution in [0.25, 0.3) is 16.6 Å². The van der Waals surface area contributed by atoms with E-state index in [0.717, 1.165) is 4.68 Å². The molecule has 0 unspecified atom stereocenters. The van der Waals surface area contributed by atoms with Crippen LogP contribution in [0.5, 0.6) is 0 Å². The third-order valence-corrected chi connectivity index (χ3v) is 4.38. The van der Waals surface area contributed by atoms with E-state index in [-0.39, 0.29) is 11.2 Å². The summed E-state index contributed by atoms with van der Waals surface area (Å²) in [6.45, 7) is 1.28. The Hall–Kier alpha value is -3.88. The molecule has 1 amide bonds. The Morgan fingerprint density at radius 3 is 2.55 bits per heavy atom. The Morgan fingerprint density at radius 2 is 1.83 bits per heavy atom. The molecule has 2 heterocycles. The Labute approximate surface area is 163 Å². The topological polar surface area (TPSA) is 81.8 Å². The van der Waals surface area contributed by atoms with Crippen LogP contribution in [-0.4, -0.2) is 25.5 Å². The van der Waals surface area contributed by atoms with Crippen LogP contribution < -0.4 is 10.9 Å². The summed E-state index contributed by atoms with van der Waals surface area (Å²) in [7, 11) is 0. The number of aryl methyl sites for hydroxylation is 1. The van der Waals surface area contributed by atoms with E-state index >= 15 is 0 Å². The van der Waals surface area contributed by atoms with Crippen LogP contribution in [-0.2, 0) is 11.3 Å². The first-order valence-corrected chi connectivity index (χ1v) is 8.70. The molecular weight excluding hydrogens is 380 g/mol. The van der Waals surface area contributed by atoms with Gasteiger partial charge in [-0.1, -0.05) is 12.1 Å². The maximum absolute atomic E-state index is 13.7. The smallest absolute Gasteiger partial charge is 0.293 e. The minimum absolute atomic E-state index is 0.0136. The number of anilines is 1. The first-order chi connectivity index (χ1) is 13.9. The van der Waals surface area contributed by atoms with E-state index < -0.39 is 29.6 Å². The molecule has 146 valence electrons. The number of nitrogens with one attached hydrogen (secondary N) is 1. The zero-order valence-electron chi connectivity index (χ0n) is 15.3. The molecule has 0 radical (unpaired) electrons. The fourth-order valence-electron chi connectivity index (χ4n) is 3.00. The SMILES string of the molecule is Cc1nn(CC(=O)Nc2ccccc2F)c(=O)c2c1cnn2-c1ccc(F)cc1. The third kappa shape index (κ3) is 3.49. The summed E-state index contributed by atoms with van der Waals surface area (Å²) in [5.74, 6) is -1.59. The molecule has 2 aromatic heterocycles. The molecule has 1 N–H and O–H groups in total. The Bertz CT molecular complexity index is 1280. The zero-order chi connectivity index (χ0) is 20.5. The number of fused-ring (bicyclic) bond motifs is 1. The molecule has 0 aliphatic rings. The average molecular weight is 395 g/mol. The van der Waals surface area contributed by atoms with Crippen molar-refractivity contribution in [1.82, 2.24) is 19.6 Å². The molecule has 0 bridgehead atoms. The summed E-state index contributed by atoms with van der Waals surface area (Å²) in [5, 5.41) is 11.3. The van der Waals surface area contributed by atoms with E-state index in [0.29, 0.717) is 16.8 Å². The van der Waals surface area contributed by atoms with Gasteiger partial charge < -0.3 is 5.32 Å². The first-order valence-electron chi connectivity index (χ1n) is 8.70. The lowest BCUT2D eigenvalue weighted by Gasteiger charge is -2.09. The van der Waals surface area contributed by atoms with Crippen molar-refractivity contribution in [1.29, 1.82) is 0 Å². The summed E-state index contributed by atoms with van der Waals surface area (Å²) in [6.07, 6.45) is 1.49. The fraction of sp³-hybridized carbons (Fsp3) is 0.100. The van der Waals surface area contributed by atoms with Gasteiger partial charge in [-0.2, -0.15) is 10.2 Å². The van der Waals surface area contributed by atoms with Crippen molar-refractivity contribution in [3.63, 3.8) is 0 Å². The number of halogens is 2. The second-order valence-electron chi connectivity index (χ2n) is 6.37. The van der Waals surface area contributed by atoms with Gasteiger partial charge in [-0.3, -0.25) is 9.59 Å². The molecule has 0 atom stereocenters. The highest BCUT2D eigenvalue weighted by Gasteiger charge is 2.17. The number of carbonyl (C=O) groups is 1. The Kier molecular flexibility index (Phi) is 4.63. The van der Waals surface area contributed by atoms with Crippen LogP contribution >= 0.6 is 0 Å². The van der Waals surface area contributed by atoms with Crippen molar-refractivity contribution in [3.8, 4) is 5.69 Å². The van der Waals surface area contributed by atoms with E-state index in [1.54, 1.807) is 13.0 Å². The summed E-state index contributed by atoms with van der Waals surface area (Å²) in [5.41, 5.74) is 0.664. The number of carbonyl (C=O) groups excluding carboxylic acids is 1. The number of hydrogen-bond acceptors (Lipinski definition) is 4. The monoisotopic (exact) mass is 395 g/mol. The molecule has 2 aromatic carbocycles. The van der Waals surface area contributed by atoms with Crippen LogP contribution in [0, 0.1) is 18.6 Å². The van der Waals surface area contributed by atoms with Crippen LogP contribution in [0.2, 0.25) is 0 Å². The minimum atomic E-state index is -0.601. The molecule has 9 heteroatoms. The maximum Gasteiger partial charge on any atom is 0.293 e. The molecule has 0 saturated heterocycles. The van der Waals surface area contributed by atoms with E-state index in [2.05, 4.69) is 15.5 Å². The maximum atomic E-state index is 13.7. The highest BCUT2D eigenvalue weighted by molar-refractivity contribution is 5.91. The molecule has 4 aromatic rings. The van der Waals surface area contributed by atoms with Crippen molar-refractivity contribution in [3.05, 3.63) is 82.4 Å². The Balaban J connectivity index is 1.72. The van der Waals surface area contributed by atoms with E-state index in [4.69, 9.17) is 0 Å². The Morgan fingerprint density at radius 1 is 1.10 bits per heavy atom. The van der Waals surface area contributed by atoms with Gasteiger partial charge in [0.2, 0.25) is 5.91 Å². The molecule has 4 rings (SSSR count). The van der Waals surface area contributed by atoms with Crippen molar-refractivity contribution in [2.45, 2.75) is 13.5 Å². The summed E-state index contributed by atoms with van der Waals surface area (Å²) < 4.78 is 29.3. The number of aromatic nitrogens is 4. The lowest BCUT2D eigenvalue weighted by Crippen LogP contribution is -2.31. The number of nitrogens with zero attached hydrogens (tertiary/aromatic N) is 4. The summed E-state index contributed by atoms with van der Waals surface area (Å²) in [4.78, 5) is 25.3. The molecule has 0 aliphatic heterocycles. The van der Waals surface area contributed by atoms with Gasteiger partial charge in [-0.15, -0.1) is 0 Å². The molecule has 0 aliphatic carbocycles. The van der Waals surface area contributed by atoms with E-state index in [1.807, 2.05) is 0 Å². The molecule has 29 heavy (non-hydrogen) atoms.